The highest BCUT2D eigenvalue weighted by atomic mass is 32.2. The van der Waals surface area contributed by atoms with Gasteiger partial charge < -0.3 is 14.6 Å². The van der Waals surface area contributed by atoms with Gasteiger partial charge in [0.1, 0.15) is 0 Å². The molecule has 1 aliphatic carbocycles. The summed E-state index contributed by atoms with van der Waals surface area (Å²) in [4.78, 5) is 25.6. The number of carbonyl (C=O) groups excluding carboxylic acids is 1. The van der Waals surface area contributed by atoms with Crippen molar-refractivity contribution < 1.29 is 13.7 Å². The van der Waals surface area contributed by atoms with Crippen LogP contribution in [-0.4, -0.2) is 74.0 Å². The van der Waals surface area contributed by atoms with Gasteiger partial charge in [-0.15, -0.1) is 0 Å². The summed E-state index contributed by atoms with van der Waals surface area (Å²) in [6.07, 6.45) is 7.40. The number of pyridine rings is 1. The second-order valence-electron chi connectivity index (χ2n) is 12.1. The van der Waals surface area contributed by atoms with Gasteiger partial charge in [0, 0.05) is 80.3 Å². The number of nitrogens with zero attached hydrogens (tertiary/aromatic N) is 3. The van der Waals surface area contributed by atoms with Crippen molar-refractivity contribution >= 4 is 16.7 Å². The van der Waals surface area contributed by atoms with E-state index in [1.54, 1.807) is 6.92 Å². The summed E-state index contributed by atoms with van der Waals surface area (Å²) in [6.45, 7) is 8.85. The molecule has 1 amide bonds. The monoisotopic (exact) mass is 574 g/mol. The van der Waals surface area contributed by atoms with Gasteiger partial charge in [-0.25, -0.2) is 0 Å². The van der Waals surface area contributed by atoms with Gasteiger partial charge in [-0.3, -0.25) is 18.9 Å². The van der Waals surface area contributed by atoms with Crippen LogP contribution < -0.4 is 0 Å². The Labute approximate surface area is 246 Å². The molecule has 7 nitrogen and oxygen atoms in total. The normalized spacial score (nSPS) is 22.0. The lowest BCUT2D eigenvalue weighted by Crippen LogP contribution is -2.52. The predicted octanol–water partition coefficient (Wildman–Crippen LogP) is 5.35. The number of rotatable bonds is 9. The zero-order chi connectivity index (χ0) is 28.3. The van der Waals surface area contributed by atoms with E-state index in [4.69, 9.17) is 9.72 Å². The molecule has 0 bridgehead atoms. The lowest BCUT2D eigenvalue weighted by Gasteiger charge is -2.39. The van der Waals surface area contributed by atoms with Crippen LogP contribution in [0.4, 0.5) is 0 Å². The Balaban J connectivity index is 1.16. The van der Waals surface area contributed by atoms with Gasteiger partial charge in [-0.1, -0.05) is 18.2 Å². The third kappa shape index (κ3) is 6.82. The van der Waals surface area contributed by atoms with Crippen LogP contribution in [0.3, 0.4) is 0 Å². The summed E-state index contributed by atoms with van der Waals surface area (Å²) in [5.74, 6) is 1.02. The smallest absolute Gasteiger partial charge is 0.219 e. The number of carbonyl (C=O) groups is 1. The van der Waals surface area contributed by atoms with Crippen molar-refractivity contribution in [2.24, 2.45) is 5.92 Å². The highest BCUT2D eigenvalue weighted by molar-refractivity contribution is 7.86. The van der Waals surface area contributed by atoms with E-state index in [9.17, 15) is 9.00 Å². The summed E-state index contributed by atoms with van der Waals surface area (Å²) in [6, 6.07) is 17.4. The first-order valence-electron chi connectivity index (χ1n) is 15.2. The molecule has 1 saturated carbocycles. The Morgan fingerprint density at radius 3 is 2.49 bits per heavy atom. The number of ether oxygens (including phenoxy) is 1. The van der Waals surface area contributed by atoms with Crippen LogP contribution in [0.1, 0.15) is 68.7 Å². The largest absolute Gasteiger partial charge is 0.381 e. The fourth-order valence-electron chi connectivity index (χ4n) is 6.41. The maximum atomic E-state index is 12.7. The fraction of sp³-hybridized carbons (Fsp3) is 0.515. The molecule has 2 aromatic heterocycles. The van der Waals surface area contributed by atoms with Gasteiger partial charge >= 0.3 is 0 Å². The highest BCUT2D eigenvalue weighted by Crippen LogP contribution is 2.36. The first-order valence-corrected chi connectivity index (χ1v) is 16.4. The Bertz CT molecular complexity index is 1350. The van der Waals surface area contributed by atoms with Gasteiger partial charge in [-0.2, -0.15) is 0 Å². The van der Waals surface area contributed by atoms with Crippen LogP contribution in [0.2, 0.25) is 0 Å². The van der Waals surface area contributed by atoms with Crippen molar-refractivity contribution in [3.8, 4) is 11.4 Å². The van der Waals surface area contributed by atoms with Crippen LogP contribution >= 0.6 is 0 Å². The molecule has 3 atom stereocenters. The lowest BCUT2D eigenvalue weighted by molar-refractivity contribution is -0.133. The molecule has 3 unspecified atom stereocenters. The number of amides is 1. The van der Waals surface area contributed by atoms with E-state index in [1.807, 2.05) is 11.1 Å². The summed E-state index contributed by atoms with van der Waals surface area (Å²) in [5, 5.41) is 0.351. The van der Waals surface area contributed by atoms with Crippen molar-refractivity contribution in [1.82, 2.24) is 19.8 Å². The zero-order valence-corrected chi connectivity index (χ0v) is 25.1. The molecule has 3 aromatic rings. The van der Waals surface area contributed by atoms with E-state index in [1.165, 1.54) is 16.8 Å². The third-order valence-electron chi connectivity index (χ3n) is 8.96. The molecule has 3 fully saturated rings. The van der Waals surface area contributed by atoms with Crippen LogP contribution in [0, 0.1) is 5.92 Å². The Morgan fingerprint density at radius 1 is 1.05 bits per heavy atom. The second-order valence-corrected chi connectivity index (χ2v) is 13.8. The molecule has 4 heterocycles. The molecule has 1 N–H and O–H groups in total. The molecule has 3 aliphatic rings. The van der Waals surface area contributed by atoms with Gasteiger partial charge in [-0.05, 0) is 86.4 Å². The molecule has 218 valence electrons. The number of hydrogen-bond acceptors (Lipinski definition) is 5. The first-order chi connectivity index (χ1) is 19.9. The third-order valence-corrected chi connectivity index (χ3v) is 10.8. The number of aromatic amines is 1. The van der Waals surface area contributed by atoms with Crippen LogP contribution in [0.15, 0.2) is 59.6 Å². The molecule has 0 spiro atoms. The van der Waals surface area contributed by atoms with E-state index >= 15 is 0 Å². The van der Waals surface area contributed by atoms with Crippen molar-refractivity contribution in [3.05, 3.63) is 71.5 Å². The summed E-state index contributed by atoms with van der Waals surface area (Å²) in [7, 11) is -0.878. The number of aromatic nitrogens is 2. The van der Waals surface area contributed by atoms with Gasteiger partial charge in [0.05, 0.1) is 22.2 Å². The van der Waals surface area contributed by atoms with Crippen molar-refractivity contribution in [1.29, 1.82) is 0 Å². The molecular weight excluding hydrogens is 532 g/mol. The predicted molar refractivity (Wildman–Crippen MR) is 162 cm³/mol. The maximum absolute atomic E-state index is 12.7. The Kier molecular flexibility index (Phi) is 8.70. The minimum Gasteiger partial charge on any atom is -0.381 e. The standard InChI is InChI=1S/C33H42N4O3S/c1-23-21-36(15-16-37(23)24(2)38)22-26-3-10-32(34-20-26)33-12-11-31(35-33)30(19-25-13-17-40-18-14-25)27-4-6-28(7-5-27)41(39)29-8-9-29/h3-7,10-12,20,23,25,29-30,35H,8-9,13-19,21-22H2,1-2H3. The topological polar surface area (TPSA) is 78.5 Å². The highest BCUT2D eigenvalue weighted by Gasteiger charge is 2.30. The van der Waals surface area contributed by atoms with E-state index in [-0.39, 0.29) is 17.9 Å². The number of nitrogens with one attached hydrogen (secondary N) is 1. The Hall–Kier alpha value is -2.81. The van der Waals surface area contributed by atoms with E-state index < -0.39 is 10.8 Å². The van der Waals surface area contributed by atoms with E-state index in [2.05, 4.69) is 65.3 Å². The van der Waals surface area contributed by atoms with Crippen molar-refractivity contribution in [3.63, 3.8) is 0 Å². The molecule has 1 aromatic carbocycles. The van der Waals surface area contributed by atoms with Gasteiger partial charge in [0.25, 0.3) is 0 Å². The van der Waals surface area contributed by atoms with Crippen LogP contribution in [-0.2, 0) is 26.9 Å². The number of H-pyrrole nitrogens is 1. The molecule has 41 heavy (non-hydrogen) atoms. The van der Waals surface area contributed by atoms with Crippen LogP contribution in [0.25, 0.3) is 11.4 Å². The number of piperazine rings is 1. The van der Waals surface area contributed by atoms with Crippen LogP contribution in [0.5, 0.6) is 0 Å². The summed E-state index contributed by atoms with van der Waals surface area (Å²) >= 11 is 0. The van der Waals surface area contributed by atoms with Gasteiger partial charge in [0.2, 0.25) is 5.91 Å². The van der Waals surface area contributed by atoms with Gasteiger partial charge in [0.15, 0.2) is 0 Å². The minimum absolute atomic E-state index is 0.158. The number of benzene rings is 1. The molecule has 6 rings (SSSR count). The van der Waals surface area contributed by atoms with E-state index in [0.717, 1.165) is 87.8 Å². The van der Waals surface area contributed by atoms with Crippen molar-refractivity contribution in [2.45, 2.75) is 74.6 Å². The average molecular weight is 575 g/mol. The molecule has 2 saturated heterocycles. The quantitative estimate of drug-likeness (QED) is 0.373. The maximum Gasteiger partial charge on any atom is 0.219 e. The number of hydrogen-bond donors (Lipinski definition) is 1. The van der Waals surface area contributed by atoms with E-state index in [0.29, 0.717) is 11.2 Å². The first kappa shape index (κ1) is 28.3. The summed E-state index contributed by atoms with van der Waals surface area (Å²) < 4.78 is 18.3. The zero-order valence-electron chi connectivity index (χ0n) is 24.3. The average Bonchev–Trinajstić information content (AvgIpc) is 3.73. The second kappa shape index (κ2) is 12.6. The lowest BCUT2D eigenvalue weighted by atomic mass is 9.83. The molecule has 0 radical (unpaired) electrons. The molecule has 2 aliphatic heterocycles. The summed E-state index contributed by atoms with van der Waals surface area (Å²) in [5.41, 5.74) is 5.62. The van der Waals surface area contributed by atoms with Crippen molar-refractivity contribution in [2.75, 3.05) is 32.8 Å². The SMILES string of the molecule is CC(=O)N1CCN(Cc2ccc(-c3ccc(C(CC4CCOCC4)c4ccc(S(=O)C5CC5)cc4)[nH]3)nc2)CC1C. The molecule has 8 heteroatoms. The Morgan fingerprint density at radius 2 is 1.83 bits per heavy atom. The minimum atomic E-state index is -0.878. The molecular formula is C33H42N4O3S. The fourth-order valence-corrected chi connectivity index (χ4v) is 7.76.